The highest BCUT2D eigenvalue weighted by atomic mass is 16.3. The number of anilines is 1. The van der Waals surface area contributed by atoms with Gasteiger partial charge in [-0.05, 0) is 42.8 Å². The van der Waals surface area contributed by atoms with Gasteiger partial charge in [0.1, 0.15) is 5.76 Å². The molecule has 0 aliphatic heterocycles. The van der Waals surface area contributed by atoms with E-state index in [0.29, 0.717) is 23.3 Å². The molecule has 0 saturated carbocycles. The summed E-state index contributed by atoms with van der Waals surface area (Å²) < 4.78 is 5.40. The molecular formula is C19H15NO3. The first kappa shape index (κ1) is 14.8. The van der Waals surface area contributed by atoms with E-state index in [-0.39, 0.29) is 11.7 Å². The Morgan fingerprint density at radius 1 is 1.04 bits per heavy atom. The van der Waals surface area contributed by atoms with Crippen molar-refractivity contribution in [3.05, 3.63) is 77.6 Å². The largest absolute Gasteiger partial charge is 0.453 e. The molecule has 0 fully saturated rings. The average molecular weight is 305 g/mol. The summed E-state index contributed by atoms with van der Waals surface area (Å²) in [5.41, 5.74) is 3.02. The Balaban J connectivity index is 1.84. The number of aryl methyl sites for hydroxylation is 1. The number of hydrogen-bond acceptors (Lipinski definition) is 3. The molecule has 114 valence electrons. The molecule has 0 aliphatic carbocycles. The van der Waals surface area contributed by atoms with E-state index in [1.165, 1.54) is 0 Å². The Hall–Kier alpha value is -3.14. The third-order valence-electron chi connectivity index (χ3n) is 3.54. The maximum atomic E-state index is 12.4. The van der Waals surface area contributed by atoms with Crippen LogP contribution in [0.3, 0.4) is 0 Å². The summed E-state index contributed by atoms with van der Waals surface area (Å²) in [6.07, 6.45) is 0.660. The van der Waals surface area contributed by atoms with Gasteiger partial charge in [-0.2, -0.15) is 0 Å². The van der Waals surface area contributed by atoms with Crippen molar-refractivity contribution in [3.63, 3.8) is 0 Å². The fourth-order valence-corrected chi connectivity index (χ4v) is 2.35. The van der Waals surface area contributed by atoms with Crippen LogP contribution in [0.4, 0.5) is 5.69 Å². The third-order valence-corrected chi connectivity index (χ3v) is 3.54. The second-order valence-electron chi connectivity index (χ2n) is 5.17. The Bertz CT molecular complexity index is 864. The highest BCUT2D eigenvalue weighted by Gasteiger charge is 2.10. The minimum absolute atomic E-state index is 0.159. The van der Waals surface area contributed by atoms with E-state index in [9.17, 15) is 9.59 Å². The highest BCUT2D eigenvalue weighted by Crippen LogP contribution is 2.24. The highest BCUT2D eigenvalue weighted by molar-refractivity contribution is 6.05. The first-order valence-electron chi connectivity index (χ1n) is 7.20. The van der Waals surface area contributed by atoms with Crippen LogP contribution >= 0.6 is 0 Å². The summed E-state index contributed by atoms with van der Waals surface area (Å²) in [4.78, 5) is 23.1. The maximum absolute atomic E-state index is 12.4. The molecule has 0 atom stereocenters. The smallest absolute Gasteiger partial charge is 0.255 e. The number of carbonyl (C=O) groups is 2. The predicted octanol–water partition coefficient (Wildman–Crippen LogP) is 4.32. The molecule has 2 aromatic carbocycles. The molecule has 1 N–H and O–H groups in total. The number of rotatable bonds is 4. The molecule has 0 saturated heterocycles. The van der Waals surface area contributed by atoms with Gasteiger partial charge in [0.2, 0.25) is 0 Å². The van der Waals surface area contributed by atoms with Crippen molar-refractivity contribution in [1.29, 1.82) is 0 Å². The van der Waals surface area contributed by atoms with Crippen molar-refractivity contribution in [2.24, 2.45) is 0 Å². The molecule has 1 aromatic heterocycles. The lowest BCUT2D eigenvalue weighted by Crippen LogP contribution is -2.13. The van der Waals surface area contributed by atoms with Crippen LogP contribution in [0.15, 0.2) is 65.1 Å². The predicted molar refractivity (Wildman–Crippen MR) is 88.7 cm³/mol. The lowest BCUT2D eigenvalue weighted by Gasteiger charge is -2.08. The fourth-order valence-electron chi connectivity index (χ4n) is 2.35. The van der Waals surface area contributed by atoms with E-state index in [1.807, 2.05) is 49.4 Å². The van der Waals surface area contributed by atoms with E-state index < -0.39 is 0 Å². The minimum Gasteiger partial charge on any atom is -0.453 e. The van der Waals surface area contributed by atoms with E-state index in [1.54, 1.807) is 18.2 Å². The standard InChI is InChI=1S/C19H15NO3/c1-13-5-2-3-8-17(13)19(22)20-15-7-4-6-14(11-15)18-10-9-16(12-21)23-18/h2-12H,1H3,(H,20,22). The summed E-state index contributed by atoms with van der Waals surface area (Å²) in [6.45, 7) is 1.90. The van der Waals surface area contributed by atoms with Gasteiger partial charge in [-0.15, -0.1) is 0 Å². The summed E-state index contributed by atoms with van der Waals surface area (Å²) in [5.74, 6) is 0.696. The van der Waals surface area contributed by atoms with Crippen molar-refractivity contribution < 1.29 is 14.0 Å². The van der Waals surface area contributed by atoms with Gasteiger partial charge >= 0.3 is 0 Å². The summed E-state index contributed by atoms with van der Waals surface area (Å²) in [5, 5.41) is 2.88. The summed E-state index contributed by atoms with van der Waals surface area (Å²) in [7, 11) is 0. The summed E-state index contributed by atoms with van der Waals surface area (Å²) >= 11 is 0. The maximum Gasteiger partial charge on any atom is 0.255 e. The van der Waals surface area contributed by atoms with Crippen LogP contribution in [-0.2, 0) is 0 Å². The van der Waals surface area contributed by atoms with E-state index >= 15 is 0 Å². The molecule has 23 heavy (non-hydrogen) atoms. The Morgan fingerprint density at radius 2 is 1.87 bits per heavy atom. The molecule has 0 radical (unpaired) electrons. The van der Waals surface area contributed by atoms with Crippen molar-refractivity contribution >= 4 is 17.9 Å². The molecular weight excluding hydrogens is 290 g/mol. The Labute approximate surface area is 133 Å². The van der Waals surface area contributed by atoms with E-state index in [0.717, 1.165) is 11.1 Å². The monoisotopic (exact) mass is 305 g/mol. The quantitative estimate of drug-likeness (QED) is 0.730. The lowest BCUT2D eigenvalue weighted by atomic mass is 10.1. The van der Waals surface area contributed by atoms with Gasteiger partial charge in [0.05, 0.1) is 0 Å². The molecule has 0 spiro atoms. The van der Waals surface area contributed by atoms with E-state index in [2.05, 4.69) is 5.32 Å². The summed E-state index contributed by atoms with van der Waals surface area (Å²) in [6, 6.07) is 18.1. The van der Waals surface area contributed by atoms with Crippen LogP contribution < -0.4 is 5.32 Å². The van der Waals surface area contributed by atoms with Gasteiger partial charge in [-0.1, -0.05) is 30.3 Å². The van der Waals surface area contributed by atoms with Crippen LogP contribution in [0.25, 0.3) is 11.3 Å². The topological polar surface area (TPSA) is 59.3 Å². The van der Waals surface area contributed by atoms with Crippen molar-refractivity contribution in [2.45, 2.75) is 6.92 Å². The second kappa shape index (κ2) is 6.32. The number of benzene rings is 2. The van der Waals surface area contributed by atoms with Gasteiger partial charge in [-0.3, -0.25) is 9.59 Å². The van der Waals surface area contributed by atoms with Crippen molar-refractivity contribution in [2.75, 3.05) is 5.32 Å². The normalized spacial score (nSPS) is 10.3. The molecule has 0 aliphatic rings. The zero-order valence-corrected chi connectivity index (χ0v) is 12.6. The number of furan rings is 1. The molecule has 0 bridgehead atoms. The SMILES string of the molecule is Cc1ccccc1C(=O)Nc1cccc(-c2ccc(C=O)o2)c1. The lowest BCUT2D eigenvalue weighted by molar-refractivity contribution is 0.102. The number of aldehydes is 1. The van der Waals surface area contributed by atoms with Gasteiger partial charge in [0.25, 0.3) is 5.91 Å². The molecule has 1 amide bonds. The minimum atomic E-state index is -0.159. The van der Waals surface area contributed by atoms with Gasteiger partial charge in [0, 0.05) is 16.8 Å². The third kappa shape index (κ3) is 3.21. The Morgan fingerprint density at radius 3 is 2.61 bits per heavy atom. The van der Waals surface area contributed by atoms with Crippen LogP contribution in [0, 0.1) is 6.92 Å². The van der Waals surface area contributed by atoms with Crippen LogP contribution in [0.2, 0.25) is 0 Å². The van der Waals surface area contributed by atoms with Gasteiger partial charge in [0.15, 0.2) is 12.0 Å². The number of carbonyl (C=O) groups excluding carboxylic acids is 2. The number of hydrogen-bond donors (Lipinski definition) is 1. The average Bonchev–Trinajstić information content (AvgIpc) is 3.04. The number of nitrogens with one attached hydrogen (secondary N) is 1. The Kier molecular flexibility index (Phi) is 4.06. The zero-order chi connectivity index (χ0) is 16.2. The molecule has 3 aromatic rings. The van der Waals surface area contributed by atoms with Gasteiger partial charge in [-0.25, -0.2) is 0 Å². The molecule has 4 nitrogen and oxygen atoms in total. The molecule has 4 heteroatoms. The molecule has 0 unspecified atom stereocenters. The number of amides is 1. The van der Waals surface area contributed by atoms with Crippen LogP contribution in [-0.4, -0.2) is 12.2 Å². The first-order valence-corrected chi connectivity index (χ1v) is 7.20. The van der Waals surface area contributed by atoms with Crippen LogP contribution in [0.1, 0.15) is 26.5 Å². The zero-order valence-electron chi connectivity index (χ0n) is 12.6. The second-order valence-corrected chi connectivity index (χ2v) is 5.17. The first-order chi connectivity index (χ1) is 11.2. The molecule has 1 heterocycles. The fraction of sp³-hybridized carbons (Fsp3) is 0.0526. The van der Waals surface area contributed by atoms with Gasteiger partial charge < -0.3 is 9.73 Å². The van der Waals surface area contributed by atoms with Crippen molar-refractivity contribution in [3.8, 4) is 11.3 Å². The van der Waals surface area contributed by atoms with E-state index in [4.69, 9.17) is 4.42 Å². The molecule has 3 rings (SSSR count). The van der Waals surface area contributed by atoms with Crippen LogP contribution in [0.5, 0.6) is 0 Å². The van der Waals surface area contributed by atoms with Crippen molar-refractivity contribution in [1.82, 2.24) is 0 Å².